The lowest BCUT2D eigenvalue weighted by molar-refractivity contribution is -0.218. The minimum Gasteiger partial charge on any atom is -0.481 e. The van der Waals surface area contributed by atoms with Crippen molar-refractivity contribution in [1.82, 2.24) is 0 Å². The number of methoxy groups -OCH3 is 1. The zero-order chi connectivity index (χ0) is 25.8. The fraction of sp³-hybridized carbons (Fsp3) is 0.867. The average Bonchev–Trinajstić information content (AvgIpc) is 2.79. The molecule has 0 saturated heterocycles. The number of Topliss-reactive ketones (excluding diaryl/α,β-unsaturated/α-hetero) is 1. The number of hydrogen-bond donors (Lipinski definition) is 2. The van der Waals surface area contributed by atoms with E-state index in [2.05, 4.69) is 33.8 Å². The number of allylic oxidation sites excluding steroid dienone is 1. The summed E-state index contributed by atoms with van der Waals surface area (Å²) in [5.74, 6) is -0.197. The minimum absolute atomic E-state index is 0.0135. The SMILES string of the molecule is CO[C@@]1(C)C(=O)CC[C@@]2(C)[C@H]1CC[C@]1(C)[C@@H]2CC=C2[C@H]3[C@](C(=O)O)(CC[C@@H](C)[C@@]3(C)O)CC[C@]21C. The summed E-state index contributed by atoms with van der Waals surface area (Å²) < 4.78 is 5.96. The van der Waals surface area contributed by atoms with Gasteiger partial charge in [-0.2, -0.15) is 0 Å². The van der Waals surface area contributed by atoms with Crippen LogP contribution in [0.4, 0.5) is 0 Å². The van der Waals surface area contributed by atoms with E-state index in [0.29, 0.717) is 25.2 Å². The molecule has 0 aromatic rings. The summed E-state index contributed by atoms with van der Waals surface area (Å²) in [7, 11) is 1.69. The fourth-order valence-corrected chi connectivity index (χ4v) is 10.6. The Morgan fingerprint density at radius 1 is 1.00 bits per heavy atom. The van der Waals surface area contributed by atoms with Crippen LogP contribution in [0.5, 0.6) is 0 Å². The van der Waals surface area contributed by atoms with E-state index < -0.39 is 22.6 Å². The summed E-state index contributed by atoms with van der Waals surface area (Å²) >= 11 is 0. The van der Waals surface area contributed by atoms with E-state index in [9.17, 15) is 19.8 Å². The van der Waals surface area contributed by atoms with E-state index in [1.807, 2.05) is 13.8 Å². The van der Waals surface area contributed by atoms with Gasteiger partial charge in [-0.25, -0.2) is 0 Å². The van der Waals surface area contributed by atoms with Gasteiger partial charge in [0.25, 0.3) is 0 Å². The molecule has 10 atom stereocenters. The third-order valence-electron chi connectivity index (χ3n) is 13.3. The van der Waals surface area contributed by atoms with Crippen molar-refractivity contribution in [3.8, 4) is 0 Å². The Bertz CT molecular complexity index is 983. The first kappa shape index (κ1) is 25.4. The lowest BCUT2D eigenvalue weighted by Gasteiger charge is -2.71. The molecule has 0 aromatic heterocycles. The molecule has 5 rings (SSSR count). The van der Waals surface area contributed by atoms with Crippen LogP contribution < -0.4 is 0 Å². The molecule has 196 valence electrons. The molecule has 0 spiro atoms. The van der Waals surface area contributed by atoms with E-state index in [1.165, 1.54) is 5.57 Å². The number of ether oxygens (including phenoxy) is 1. The van der Waals surface area contributed by atoms with Crippen LogP contribution in [-0.4, -0.2) is 40.3 Å². The standard InChI is InChI=1S/C30H46O5/c1-18-10-15-30(24(32)33)17-16-26(3)19(23(30)28(18,5)34)8-9-20-25(2)13-12-22(31)29(6,35-7)21(25)11-14-27(20,26)4/h8,18,20-21,23,34H,9-17H2,1-7H3,(H,32,33)/t18-,20-,21-,23-,25-,26-,27-,28-,29-,30+/m1/s1. The van der Waals surface area contributed by atoms with Crippen LogP contribution in [0.15, 0.2) is 11.6 Å². The molecule has 0 unspecified atom stereocenters. The number of aliphatic carboxylic acids is 1. The third kappa shape index (κ3) is 2.83. The highest BCUT2D eigenvalue weighted by atomic mass is 16.5. The van der Waals surface area contributed by atoms with Gasteiger partial charge < -0.3 is 14.9 Å². The van der Waals surface area contributed by atoms with E-state index >= 15 is 0 Å². The lowest BCUT2D eigenvalue weighted by Crippen LogP contribution is -2.68. The van der Waals surface area contributed by atoms with Crippen molar-refractivity contribution < 1.29 is 24.5 Å². The molecular formula is C30H46O5. The molecule has 4 fully saturated rings. The smallest absolute Gasteiger partial charge is 0.310 e. The van der Waals surface area contributed by atoms with Crippen molar-refractivity contribution in [2.24, 2.45) is 45.3 Å². The molecule has 0 aliphatic heterocycles. The average molecular weight is 487 g/mol. The van der Waals surface area contributed by atoms with Gasteiger partial charge in [-0.15, -0.1) is 0 Å². The molecule has 0 amide bonds. The Hall–Kier alpha value is -1.20. The van der Waals surface area contributed by atoms with Crippen LogP contribution in [0.2, 0.25) is 0 Å². The van der Waals surface area contributed by atoms with Crippen molar-refractivity contribution in [3.05, 3.63) is 11.6 Å². The van der Waals surface area contributed by atoms with Crippen LogP contribution in [0.3, 0.4) is 0 Å². The van der Waals surface area contributed by atoms with Crippen LogP contribution in [0.25, 0.3) is 0 Å². The monoisotopic (exact) mass is 486 g/mol. The Morgan fingerprint density at radius 2 is 1.69 bits per heavy atom. The summed E-state index contributed by atoms with van der Waals surface area (Å²) in [6.07, 6.45) is 9.52. The van der Waals surface area contributed by atoms with Gasteiger partial charge in [0.15, 0.2) is 5.78 Å². The normalized spacial score (nSPS) is 55.7. The zero-order valence-corrected chi connectivity index (χ0v) is 22.9. The fourth-order valence-electron chi connectivity index (χ4n) is 10.6. The summed E-state index contributed by atoms with van der Waals surface area (Å²) in [5, 5.41) is 22.4. The van der Waals surface area contributed by atoms with Crippen molar-refractivity contribution in [2.45, 2.75) is 111 Å². The van der Waals surface area contributed by atoms with E-state index in [-0.39, 0.29) is 39.8 Å². The molecule has 5 aliphatic rings. The van der Waals surface area contributed by atoms with Gasteiger partial charge in [0.1, 0.15) is 5.60 Å². The second kappa shape index (κ2) is 7.43. The Labute approximate surface area is 211 Å². The van der Waals surface area contributed by atoms with E-state index in [1.54, 1.807) is 7.11 Å². The van der Waals surface area contributed by atoms with Crippen molar-refractivity contribution in [1.29, 1.82) is 0 Å². The van der Waals surface area contributed by atoms with E-state index in [0.717, 1.165) is 38.5 Å². The predicted molar refractivity (Wildman–Crippen MR) is 135 cm³/mol. The van der Waals surface area contributed by atoms with Gasteiger partial charge in [-0.1, -0.05) is 39.3 Å². The number of carboxylic acid groups (broad SMARTS) is 1. The number of ketones is 1. The Kier molecular flexibility index (Phi) is 5.40. The second-order valence-electron chi connectivity index (χ2n) is 14.1. The number of carboxylic acids is 1. The lowest BCUT2D eigenvalue weighted by atomic mass is 9.33. The second-order valence-corrected chi connectivity index (χ2v) is 14.1. The van der Waals surface area contributed by atoms with Crippen LogP contribution in [-0.2, 0) is 14.3 Å². The van der Waals surface area contributed by atoms with Crippen LogP contribution >= 0.6 is 0 Å². The van der Waals surface area contributed by atoms with Gasteiger partial charge in [0, 0.05) is 25.4 Å². The molecule has 5 heteroatoms. The summed E-state index contributed by atoms with van der Waals surface area (Å²) in [5.41, 5.74) is -1.63. The van der Waals surface area contributed by atoms with E-state index in [4.69, 9.17) is 4.74 Å². The number of fused-ring (bicyclic) bond motifs is 7. The molecule has 0 bridgehead atoms. The molecule has 0 aromatic carbocycles. The number of hydrogen-bond acceptors (Lipinski definition) is 4. The first-order chi connectivity index (χ1) is 16.1. The minimum atomic E-state index is -1.04. The van der Waals surface area contributed by atoms with Crippen molar-refractivity contribution in [2.75, 3.05) is 7.11 Å². The highest BCUT2D eigenvalue weighted by Crippen LogP contribution is 2.75. The molecule has 4 saturated carbocycles. The Morgan fingerprint density at radius 3 is 2.31 bits per heavy atom. The number of carbonyl (C=O) groups is 2. The number of aliphatic hydroxyl groups is 1. The highest BCUT2D eigenvalue weighted by Gasteiger charge is 2.71. The molecule has 35 heavy (non-hydrogen) atoms. The quantitative estimate of drug-likeness (QED) is 0.483. The maximum atomic E-state index is 13.0. The molecule has 2 N–H and O–H groups in total. The maximum absolute atomic E-state index is 13.0. The van der Waals surface area contributed by atoms with Crippen LogP contribution in [0.1, 0.15) is 99.3 Å². The van der Waals surface area contributed by atoms with Crippen LogP contribution in [0, 0.1) is 45.3 Å². The molecule has 5 nitrogen and oxygen atoms in total. The topological polar surface area (TPSA) is 83.8 Å². The predicted octanol–water partition coefficient (Wildman–Crippen LogP) is 5.79. The van der Waals surface area contributed by atoms with Gasteiger partial charge in [-0.3, -0.25) is 9.59 Å². The third-order valence-corrected chi connectivity index (χ3v) is 13.3. The summed E-state index contributed by atoms with van der Waals surface area (Å²) in [4.78, 5) is 25.9. The van der Waals surface area contributed by atoms with Gasteiger partial charge >= 0.3 is 5.97 Å². The summed E-state index contributed by atoms with van der Waals surface area (Å²) in [6.45, 7) is 13.2. The molecule has 5 aliphatic carbocycles. The van der Waals surface area contributed by atoms with Gasteiger partial charge in [0.05, 0.1) is 11.0 Å². The van der Waals surface area contributed by atoms with Gasteiger partial charge in [-0.05, 0) is 93.3 Å². The number of rotatable bonds is 2. The van der Waals surface area contributed by atoms with Gasteiger partial charge in [0.2, 0.25) is 0 Å². The molecule has 0 radical (unpaired) electrons. The zero-order valence-electron chi connectivity index (χ0n) is 22.9. The largest absolute Gasteiger partial charge is 0.481 e. The Balaban J connectivity index is 1.64. The van der Waals surface area contributed by atoms with Crippen molar-refractivity contribution >= 4 is 11.8 Å². The summed E-state index contributed by atoms with van der Waals surface area (Å²) in [6, 6.07) is 0. The van der Waals surface area contributed by atoms with Crippen molar-refractivity contribution in [3.63, 3.8) is 0 Å². The highest BCUT2D eigenvalue weighted by molar-refractivity contribution is 5.88. The molecule has 0 heterocycles. The first-order valence-electron chi connectivity index (χ1n) is 13.9. The number of carbonyl (C=O) groups excluding carboxylic acids is 1. The maximum Gasteiger partial charge on any atom is 0.310 e. The molecular weight excluding hydrogens is 440 g/mol. The first-order valence-corrected chi connectivity index (χ1v) is 13.9.